The lowest BCUT2D eigenvalue weighted by Gasteiger charge is -2.15. The molecule has 0 radical (unpaired) electrons. The van der Waals surface area contributed by atoms with E-state index in [9.17, 15) is 4.79 Å². The second-order valence-electron chi connectivity index (χ2n) is 4.37. The average molecular weight is 211 g/mol. The van der Waals surface area contributed by atoms with Gasteiger partial charge >= 0.3 is 0 Å². The summed E-state index contributed by atoms with van der Waals surface area (Å²) in [7, 11) is 1.67. The lowest BCUT2D eigenvalue weighted by molar-refractivity contribution is -0.119. The first-order valence-electron chi connectivity index (χ1n) is 4.73. The molecule has 3 heteroatoms. The maximum absolute atomic E-state index is 11.1. The molecule has 0 aromatic carbocycles. The predicted octanol–water partition coefficient (Wildman–Crippen LogP) is 2.33. The highest BCUT2D eigenvalue weighted by Crippen LogP contribution is 2.29. The van der Waals surface area contributed by atoms with Gasteiger partial charge in [0.1, 0.15) is 0 Å². The molecule has 0 saturated heterocycles. The smallest absolute Gasteiger partial charge is 0.224 e. The Balaban J connectivity index is 2.74. The molecule has 0 aliphatic heterocycles. The summed E-state index contributed by atoms with van der Waals surface area (Å²) < 4.78 is 0. The van der Waals surface area contributed by atoms with Gasteiger partial charge in [-0.3, -0.25) is 4.79 Å². The topological polar surface area (TPSA) is 29.1 Å². The van der Waals surface area contributed by atoms with Crippen LogP contribution in [0.5, 0.6) is 0 Å². The van der Waals surface area contributed by atoms with E-state index in [0.717, 1.165) is 4.88 Å². The van der Waals surface area contributed by atoms with Crippen molar-refractivity contribution in [1.82, 2.24) is 5.32 Å². The summed E-state index contributed by atoms with van der Waals surface area (Å²) >= 11 is 1.72. The number of nitrogens with one attached hydrogen (secondary N) is 1. The standard InChI is InChI=1S/C11H17NOS/c1-11(2,3)9-6-5-8(14-9)7-10(13)12-4/h5-6H,7H2,1-4H3,(H,12,13). The highest BCUT2D eigenvalue weighted by Gasteiger charge is 2.16. The van der Waals surface area contributed by atoms with Gasteiger partial charge in [0.05, 0.1) is 6.42 Å². The molecule has 0 spiro atoms. The molecule has 78 valence electrons. The molecule has 0 aliphatic carbocycles. The van der Waals surface area contributed by atoms with Gasteiger partial charge < -0.3 is 5.32 Å². The van der Waals surface area contributed by atoms with Gasteiger partial charge in [0, 0.05) is 16.8 Å². The number of hydrogen-bond donors (Lipinski definition) is 1. The molecule has 0 aliphatic rings. The Morgan fingerprint density at radius 2 is 2.07 bits per heavy atom. The van der Waals surface area contributed by atoms with E-state index in [1.54, 1.807) is 18.4 Å². The van der Waals surface area contributed by atoms with Crippen molar-refractivity contribution in [1.29, 1.82) is 0 Å². The summed E-state index contributed by atoms with van der Waals surface area (Å²) in [5.74, 6) is 0.0762. The van der Waals surface area contributed by atoms with E-state index in [-0.39, 0.29) is 11.3 Å². The van der Waals surface area contributed by atoms with Crippen LogP contribution in [0, 0.1) is 0 Å². The zero-order valence-electron chi connectivity index (χ0n) is 9.18. The quantitative estimate of drug-likeness (QED) is 0.799. The second-order valence-corrected chi connectivity index (χ2v) is 5.53. The first-order valence-corrected chi connectivity index (χ1v) is 5.55. The van der Waals surface area contributed by atoms with Crippen LogP contribution in [0.15, 0.2) is 12.1 Å². The zero-order valence-corrected chi connectivity index (χ0v) is 9.99. The molecule has 1 aromatic rings. The molecule has 0 unspecified atom stereocenters. The monoisotopic (exact) mass is 211 g/mol. The molecule has 1 amide bonds. The normalized spacial score (nSPS) is 11.4. The molecule has 0 bridgehead atoms. The lowest BCUT2D eigenvalue weighted by Crippen LogP contribution is -2.19. The molecule has 0 atom stereocenters. The van der Waals surface area contributed by atoms with Gasteiger partial charge in [0.25, 0.3) is 0 Å². The molecule has 1 N–H and O–H groups in total. The maximum atomic E-state index is 11.1. The molecule has 1 heterocycles. The molecule has 2 nitrogen and oxygen atoms in total. The minimum Gasteiger partial charge on any atom is -0.359 e. The highest BCUT2D eigenvalue weighted by molar-refractivity contribution is 7.12. The van der Waals surface area contributed by atoms with Crippen molar-refractivity contribution in [2.45, 2.75) is 32.6 Å². The Labute approximate surface area is 89.3 Å². The van der Waals surface area contributed by atoms with E-state index < -0.39 is 0 Å². The molecular formula is C11H17NOS. The predicted molar refractivity (Wildman–Crippen MR) is 60.8 cm³/mol. The van der Waals surface area contributed by atoms with E-state index in [1.807, 2.05) is 6.07 Å². The summed E-state index contributed by atoms with van der Waals surface area (Å²) in [5, 5.41) is 2.63. The number of carbonyl (C=O) groups excluding carboxylic acids is 1. The van der Waals surface area contributed by atoms with E-state index >= 15 is 0 Å². The Bertz CT molecular complexity index is 322. The Hall–Kier alpha value is -0.830. The van der Waals surface area contributed by atoms with Crippen molar-refractivity contribution in [3.05, 3.63) is 21.9 Å². The highest BCUT2D eigenvalue weighted by atomic mass is 32.1. The molecular weight excluding hydrogens is 194 g/mol. The van der Waals surface area contributed by atoms with E-state index in [1.165, 1.54) is 4.88 Å². The minimum atomic E-state index is 0.0762. The minimum absolute atomic E-state index is 0.0762. The van der Waals surface area contributed by atoms with E-state index in [4.69, 9.17) is 0 Å². The van der Waals surface area contributed by atoms with Crippen LogP contribution >= 0.6 is 11.3 Å². The Morgan fingerprint density at radius 1 is 1.43 bits per heavy atom. The first-order chi connectivity index (χ1) is 6.43. The molecule has 0 saturated carbocycles. The van der Waals surface area contributed by atoms with Crippen molar-refractivity contribution in [2.24, 2.45) is 0 Å². The molecule has 1 aromatic heterocycles. The van der Waals surface area contributed by atoms with Crippen molar-refractivity contribution >= 4 is 17.2 Å². The number of hydrogen-bond acceptors (Lipinski definition) is 2. The van der Waals surface area contributed by atoms with Gasteiger partial charge in [-0.2, -0.15) is 0 Å². The zero-order chi connectivity index (χ0) is 10.8. The number of amides is 1. The van der Waals surface area contributed by atoms with Crippen LogP contribution in [-0.4, -0.2) is 13.0 Å². The van der Waals surface area contributed by atoms with Gasteiger partial charge in [0.15, 0.2) is 0 Å². The van der Waals surface area contributed by atoms with Crippen LogP contribution in [0.4, 0.5) is 0 Å². The van der Waals surface area contributed by atoms with Gasteiger partial charge in [-0.05, 0) is 17.5 Å². The third-order valence-corrected chi connectivity index (χ3v) is 3.53. The van der Waals surface area contributed by atoms with Crippen LogP contribution < -0.4 is 5.32 Å². The fourth-order valence-electron chi connectivity index (χ4n) is 1.12. The first kappa shape index (κ1) is 11.2. The van der Waals surface area contributed by atoms with Crippen molar-refractivity contribution in [3.8, 4) is 0 Å². The van der Waals surface area contributed by atoms with E-state index in [2.05, 4.69) is 32.2 Å². The Kier molecular flexibility index (Phi) is 3.32. The fourth-order valence-corrected chi connectivity index (χ4v) is 2.19. The summed E-state index contributed by atoms with van der Waals surface area (Å²) in [4.78, 5) is 13.6. The second kappa shape index (κ2) is 4.13. The largest absolute Gasteiger partial charge is 0.359 e. The molecule has 14 heavy (non-hydrogen) atoms. The third kappa shape index (κ3) is 2.84. The third-order valence-electron chi connectivity index (χ3n) is 2.01. The summed E-state index contributed by atoms with van der Waals surface area (Å²) in [6, 6.07) is 4.16. The van der Waals surface area contributed by atoms with Crippen LogP contribution in [0.2, 0.25) is 0 Å². The van der Waals surface area contributed by atoms with Crippen LogP contribution in [0.3, 0.4) is 0 Å². The van der Waals surface area contributed by atoms with Crippen molar-refractivity contribution in [2.75, 3.05) is 7.05 Å². The fraction of sp³-hybridized carbons (Fsp3) is 0.545. The van der Waals surface area contributed by atoms with Gasteiger partial charge in [-0.15, -0.1) is 11.3 Å². The van der Waals surface area contributed by atoms with Gasteiger partial charge in [-0.25, -0.2) is 0 Å². The summed E-state index contributed by atoms with van der Waals surface area (Å²) in [6.45, 7) is 6.55. The SMILES string of the molecule is CNC(=O)Cc1ccc(C(C)(C)C)s1. The number of rotatable bonds is 2. The number of thiophene rings is 1. The van der Waals surface area contributed by atoms with Crippen molar-refractivity contribution in [3.63, 3.8) is 0 Å². The van der Waals surface area contributed by atoms with Crippen LogP contribution in [-0.2, 0) is 16.6 Å². The van der Waals surface area contributed by atoms with Gasteiger partial charge in [-0.1, -0.05) is 20.8 Å². The maximum Gasteiger partial charge on any atom is 0.224 e. The number of likely N-dealkylation sites (N-methyl/N-ethyl adjacent to an activating group) is 1. The average Bonchev–Trinajstić information content (AvgIpc) is 2.51. The van der Waals surface area contributed by atoms with Crippen molar-refractivity contribution < 1.29 is 4.79 Å². The van der Waals surface area contributed by atoms with Gasteiger partial charge in [0.2, 0.25) is 5.91 Å². The lowest BCUT2D eigenvalue weighted by atomic mass is 9.95. The molecule has 0 fully saturated rings. The summed E-state index contributed by atoms with van der Waals surface area (Å²) in [6.07, 6.45) is 0.497. The molecule has 1 rings (SSSR count). The Morgan fingerprint density at radius 3 is 2.50 bits per heavy atom. The van der Waals surface area contributed by atoms with Crippen LogP contribution in [0.25, 0.3) is 0 Å². The number of carbonyl (C=O) groups is 1. The summed E-state index contributed by atoms with van der Waals surface area (Å²) in [5.41, 5.74) is 0.186. The van der Waals surface area contributed by atoms with E-state index in [0.29, 0.717) is 6.42 Å². The van der Waals surface area contributed by atoms with Crippen LogP contribution in [0.1, 0.15) is 30.5 Å².